The molecule has 2 N–H and O–H groups in total. The van der Waals surface area contributed by atoms with Crippen LogP contribution < -0.4 is 10.6 Å². The third-order valence-corrected chi connectivity index (χ3v) is 2.39. The molecule has 0 aliphatic rings. The SMILES string of the molecule is CCCNc1nc(C)cc(NC(C)CC)n1. The molecule has 1 unspecified atom stereocenters. The predicted molar refractivity (Wildman–Crippen MR) is 68.9 cm³/mol. The molecule has 0 saturated carbocycles. The minimum absolute atomic E-state index is 0.438. The van der Waals surface area contributed by atoms with Crippen LogP contribution in [0.5, 0.6) is 0 Å². The molecule has 90 valence electrons. The van der Waals surface area contributed by atoms with Gasteiger partial charge in [0.25, 0.3) is 0 Å². The fourth-order valence-electron chi connectivity index (χ4n) is 1.31. The average Bonchev–Trinajstić information content (AvgIpc) is 2.25. The van der Waals surface area contributed by atoms with Gasteiger partial charge in [-0.05, 0) is 26.7 Å². The third kappa shape index (κ3) is 4.04. The summed E-state index contributed by atoms with van der Waals surface area (Å²) >= 11 is 0. The first kappa shape index (κ1) is 12.7. The lowest BCUT2D eigenvalue weighted by Gasteiger charge is -2.13. The first-order valence-corrected chi connectivity index (χ1v) is 6.01. The Kier molecular flexibility index (Phi) is 5.02. The molecule has 0 aliphatic carbocycles. The van der Waals surface area contributed by atoms with E-state index < -0.39 is 0 Å². The Morgan fingerprint density at radius 1 is 1.31 bits per heavy atom. The highest BCUT2D eigenvalue weighted by Gasteiger charge is 2.03. The second-order valence-corrected chi connectivity index (χ2v) is 4.10. The van der Waals surface area contributed by atoms with Crippen molar-refractivity contribution in [1.29, 1.82) is 0 Å². The Hall–Kier alpha value is -1.32. The molecular weight excluding hydrogens is 200 g/mol. The molecule has 0 amide bonds. The van der Waals surface area contributed by atoms with Crippen LogP contribution in [0.25, 0.3) is 0 Å². The van der Waals surface area contributed by atoms with Gasteiger partial charge in [-0.25, -0.2) is 4.98 Å². The van der Waals surface area contributed by atoms with E-state index in [1.165, 1.54) is 0 Å². The molecule has 0 aliphatic heterocycles. The van der Waals surface area contributed by atoms with Gasteiger partial charge in [-0.3, -0.25) is 0 Å². The van der Waals surface area contributed by atoms with Crippen molar-refractivity contribution in [2.45, 2.75) is 46.6 Å². The first-order chi connectivity index (χ1) is 7.65. The van der Waals surface area contributed by atoms with E-state index in [9.17, 15) is 0 Å². The maximum atomic E-state index is 4.43. The summed E-state index contributed by atoms with van der Waals surface area (Å²) in [6.07, 6.45) is 2.16. The van der Waals surface area contributed by atoms with E-state index in [1.54, 1.807) is 0 Å². The number of hydrogen-bond acceptors (Lipinski definition) is 4. The summed E-state index contributed by atoms with van der Waals surface area (Å²) < 4.78 is 0. The van der Waals surface area contributed by atoms with Gasteiger partial charge in [0, 0.05) is 24.3 Å². The van der Waals surface area contributed by atoms with E-state index in [-0.39, 0.29) is 0 Å². The van der Waals surface area contributed by atoms with Gasteiger partial charge in [-0.15, -0.1) is 0 Å². The number of anilines is 2. The van der Waals surface area contributed by atoms with Gasteiger partial charge in [0.1, 0.15) is 5.82 Å². The van der Waals surface area contributed by atoms with Gasteiger partial charge in [0.2, 0.25) is 5.95 Å². The first-order valence-electron chi connectivity index (χ1n) is 6.01. The highest BCUT2D eigenvalue weighted by Crippen LogP contribution is 2.11. The molecule has 1 heterocycles. The topological polar surface area (TPSA) is 49.8 Å². The molecule has 1 atom stereocenters. The molecule has 4 heteroatoms. The standard InChI is InChI=1S/C12H22N4/c1-5-7-13-12-15-10(4)8-11(16-12)14-9(3)6-2/h8-9H,5-7H2,1-4H3,(H2,13,14,15,16). The van der Waals surface area contributed by atoms with Crippen LogP contribution in [0.15, 0.2) is 6.07 Å². The summed E-state index contributed by atoms with van der Waals surface area (Å²) in [5, 5.41) is 6.56. The van der Waals surface area contributed by atoms with E-state index in [1.807, 2.05) is 13.0 Å². The van der Waals surface area contributed by atoms with Gasteiger partial charge < -0.3 is 10.6 Å². The number of hydrogen-bond donors (Lipinski definition) is 2. The second kappa shape index (κ2) is 6.30. The molecule has 1 rings (SSSR count). The summed E-state index contributed by atoms with van der Waals surface area (Å²) in [7, 11) is 0. The summed E-state index contributed by atoms with van der Waals surface area (Å²) in [6, 6.07) is 2.41. The molecule has 1 aromatic heterocycles. The second-order valence-electron chi connectivity index (χ2n) is 4.10. The van der Waals surface area contributed by atoms with Gasteiger partial charge in [0.15, 0.2) is 0 Å². The van der Waals surface area contributed by atoms with Crippen LogP contribution in [-0.4, -0.2) is 22.6 Å². The molecule has 16 heavy (non-hydrogen) atoms. The Bertz CT molecular complexity index is 325. The molecule has 0 bridgehead atoms. The van der Waals surface area contributed by atoms with Crippen molar-refractivity contribution in [3.8, 4) is 0 Å². The van der Waals surface area contributed by atoms with Crippen LogP contribution in [0.1, 0.15) is 39.3 Å². The van der Waals surface area contributed by atoms with Gasteiger partial charge in [-0.1, -0.05) is 13.8 Å². The number of rotatable bonds is 6. The molecule has 0 aromatic carbocycles. The van der Waals surface area contributed by atoms with Crippen molar-refractivity contribution in [1.82, 2.24) is 9.97 Å². The lowest BCUT2D eigenvalue weighted by atomic mass is 10.2. The van der Waals surface area contributed by atoms with Gasteiger partial charge in [0.05, 0.1) is 0 Å². The fourth-order valence-corrected chi connectivity index (χ4v) is 1.31. The van der Waals surface area contributed by atoms with Crippen molar-refractivity contribution in [3.63, 3.8) is 0 Å². The Balaban J connectivity index is 2.73. The highest BCUT2D eigenvalue weighted by molar-refractivity contribution is 5.42. The number of nitrogens with one attached hydrogen (secondary N) is 2. The zero-order valence-electron chi connectivity index (χ0n) is 10.7. The normalized spacial score (nSPS) is 12.2. The number of aryl methyl sites for hydroxylation is 1. The number of nitrogens with zero attached hydrogens (tertiary/aromatic N) is 2. The fraction of sp³-hybridized carbons (Fsp3) is 0.667. The Morgan fingerprint density at radius 2 is 2.06 bits per heavy atom. The zero-order valence-corrected chi connectivity index (χ0v) is 10.7. The molecule has 1 aromatic rings. The third-order valence-electron chi connectivity index (χ3n) is 2.39. The van der Waals surface area contributed by atoms with Crippen LogP contribution in [0.3, 0.4) is 0 Å². The molecule has 0 radical (unpaired) electrons. The van der Waals surface area contributed by atoms with Gasteiger partial charge >= 0.3 is 0 Å². The Labute approximate surface area is 97.9 Å². The monoisotopic (exact) mass is 222 g/mol. The molecular formula is C12H22N4. The van der Waals surface area contributed by atoms with Crippen molar-refractivity contribution >= 4 is 11.8 Å². The minimum Gasteiger partial charge on any atom is -0.367 e. The quantitative estimate of drug-likeness (QED) is 0.777. The lowest BCUT2D eigenvalue weighted by Crippen LogP contribution is -2.16. The minimum atomic E-state index is 0.438. The van der Waals surface area contributed by atoms with Crippen molar-refractivity contribution < 1.29 is 0 Å². The lowest BCUT2D eigenvalue weighted by molar-refractivity contribution is 0.758. The van der Waals surface area contributed by atoms with Crippen LogP contribution in [0, 0.1) is 6.92 Å². The van der Waals surface area contributed by atoms with E-state index in [0.29, 0.717) is 12.0 Å². The molecule has 0 saturated heterocycles. The van der Waals surface area contributed by atoms with Crippen molar-refractivity contribution in [2.75, 3.05) is 17.2 Å². The summed E-state index contributed by atoms with van der Waals surface area (Å²) in [6.45, 7) is 9.33. The largest absolute Gasteiger partial charge is 0.367 e. The number of aromatic nitrogens is 2. The summed E-state index contributed by atoms with van der Waals surface area (Å²) in [4.78, 5) is 8.77. The molecule has 0 fully saturated rings. The maximum Gasteiger partial charge on any atom is 0.224 e. The van der Waals surface area contributed by atoms with Crippen LogP contribution in [0.4, 0.5) is 11.8 Å². The summed E-state index contributed by atoms with van der Waals surface area (Å²) in [5.41, 5.74) is 0.986. The smallest absolute Gasteiger partial charge is 0.224 e. The highest BCUT2D eigenvalue weighted by atomic mass is 15.1. The summed E-state index contributed by atoms with van der Waals surface area (Å²) in [5.74, 6) is 1.62. The van der Waals surface area contributed by atoms with Crippen molar-refractivity contribution in [2.24, 2.45) is 0 Å². The van der Waals surface area contributed by atoms with Crippen LogP contribution in [-0.2, 0) is 0 Å². The van der Waals surface area contributed by atoms with E-state index in [2.05, 4.69) is 41.4 Å². The molecule has 0 spiro atoms. The van der Waals surface area contributed by atoms with E-state index >= 15 is 0 Å². The van der Waals surface area contributed by atoms with Crippen LogP contribution in [0.2, 0.25) is 0 Å². The molecule has 4 nitrogen and oxygen atoms in total. The predicted octanol–water partition coefficient (Wildman–Crippen LogP) is 2.82. The van der Waals surface area contributed by atoms with E-state index in [0.717, 1.165) is 30.9 Å². The average molecular weight is 222 g/mol. The van der Waals surface area contributed by atoms with Crippen LogP contribution >= 0.6 is 0 Å². The van der Waals surface area contributed by atoms with E-state index in [4.69, 9.17) is 0 Å². The maximum absolute atomic E-state index is 4.43. The zero-order chi connectivity index (χ0) is 12.0. The Morgan fingerprint density at radius 3 is 2.69 bits per heavy atom. The van der Waals surface area contributed by atoms with Gasteiger partial charge in [-0.2, -0.15) is 4.98 Å². The van der Waals surface area contributed by atoms with Crippen molar-refractivity contribution in [3.05, 3.63) is 11.8 Å².